The van der Waals surface area contributed by atoms with E-state index in [1.165, 1.54) is 6.08 Å². The van der Waals surface area contributed by atoms with E-state index in [9.17, 15) is 14.3 Å². The number of aliphatic imine (C=N–C) groups is 1. The molecule has 18 heavy (non-hydrogen) atoms. The average molecular weight is 251 g/mol. The maximum absolute atomic E-state index is 13.6. The van der Waals surface area contributed by atoms with Crippen LogP contribution in [0.4, 0.5) is 4.39 Å². The van der Waals surface area contributed by atoms with Crippen molar-refractivity contribution in [2.45, 2.75) is 24.8 Å². The summed E-state index contributed by atoms with van der Waals surface area (Å²) < 4.78 is 24.0. The average Bonchev–Trinajstić information content (AvgIpc) is 2.74. The van der Waals surface area contributed by atoms with E-state index >= 15 is 0 Å². The molecule has 0 bridgehead atoms. The number of nitrogens with zero attached hydrogens (tertiary/aromatic N) is 1. The molecule has 1 N–H and O–H groups in total. The highest BCUT2D eigenvalue weighted by atomic mass is 19.1. The molecule has 3 rings (SSSR count). The second-order valence-electron chi connectivity index (χ2n) is 4.40. The van der Waals surface area contributed by atoms with Crippen LogP contribution < -0.4 is 9.47 Å². The van der Waals surface area contributed by atoms with Crippen LogP contribution in [0.3, 0.4) is 0 Å². The van der Waals surface area contributed by atoms with Gasteiger partial charge in [-0.1, -0.05) is 0 Å². The molecule has 1 heterocycles. The number of rotatable bonds is 2. The Kier molecular flexibility index (Phi) is 2.28. The van der Waals surface area contributed by atoms with E-state index in [1.807, 2.05) is 0 Å². The van der Waals surface area contributed by atoms with E-state index in [-0.39, 0.29) is 23.9 Å². The molecule has 94 valence electrons. The van der Waals surface area contributed by atoms with Crippen molar-refractivity contribution >= 4 is 6.08 Å². The minimum absolute atomic E-state index is 0.0356. The summed E-state index contributed by atoms with van der Waals surface area (Å²) in [5, 5.41) is 9.89. The quantitative estimate of drug-likeness (QED) is 0.644. The van der Waals surface area contributed by atoms with Crippen molar-refractivity contribution in [3.05, 3.63) is 17.4 Å². The van der Waals surface area contributed by atoms with Crippen LogP contribution in [0.5, 0.6) is 17.2 Å². The topological polar surface area (TPSA) is 68.1 Å². The molecule has 1 aliphatic carbocycles. The SMILES string of the molecule is O=C=NC1(c2c(O)c(F)cc3c2OCO3)CCC1. The number of hydrogen-bond donors (Lipinski definition) is 1. The van der Waals surface area contributed by atoms with Crippen LogP contribution in [0.25, 0.3) is 0 Å². The fourth-order valence-electron chi connectivity index (χ4n) is 2.45. The maximum atomic E-state index is 13.6. The monoisotopic (exact) mass is 251 g/mol. The number of isocyanates is 1. The second-order valence-corrected chi connectivity index (χ2v) is 4.40. The summed E-state index contributed by atoms with van der Waals surface area (Å²) in [4.78, 5) is 14.3. The highest BCUT2D eigenvalue weighted by molar-refractivity contribution is 5.60. The summed E-state index contributed by atoms with van der Waals surface area (Å²) in [6.07, 6.45) is 3.44. The predicted octanol–water partition coefficient (Wildman–Crippen LogP) is 1.97. The maximum Gasteiger partial charge on any atom is 0.235 e. The Morgan fingerprint density at radius 3 is 2.83 bits per heavy atom. The molecule has 0 aromatic heterocycles. The van der Waals surface area contributed by atoms with E-state index < -0.39 is 17.1 Å². The number of benzene rings is 1. The number of phenolic OH excluding ortho intramolecular Hbond substituents is 1. The first-order valence-corrected chi connectivity index (χ1v) is 5.58. The summed E-state index contributed by atoms with van der Waals surface area (Å²) in [6, 6.07) is 1.07. The summed E-state index contributed by atoms with van der Waals surface area (Å²) in [5.41, 5.74) is -0.726. The van der Waals surface area contributed by atoms with Gasteiger partial charge in [0.15, 0.2) is 23.1 Å². The van der Waals surface area contributed by atoms with E-state index in [0.717, 1.165) is 12.5 Å². The first-order valence-electron chi connectivity index (χ1n) is 5.58. The molecule has 0 amide bonds. The largest absolute Gasteiger partial charge is 0.504 e. The fourth-order valence-corrected chi connectivity index (χ4v) is 2.45. The molecule has 2 aliphatic rings. The third-order valence-corrected chi connectivity index (χ3v) is 3.50. The highest BCUT2D eigenvalue weighted by Crippen LogP contribution is 2.55. The Hall–Kier alpha value is -2.07. The third-order valence-electron chi connectivity index (χ3n) is 3.50. The molecule has 0 unspecified atom stereocenters. The molecular formula is C12H10FNO4. The number of phenols is 1. The van der Waals surface area contributed by atoms with Crippen LogP contribution in [0.15, 0.2) is 11.1 Å². The predicted molar refractivity (Wildman–Crippen MR) is 57.8 cm³/mol. The standard InChI is InChI=1S/C12H10FNO4/c13-7-4-8-11(18-6-17-8)9(10(7)16)12(14-5-15)2-1-3-12/h4,16H,1-3,6H2. The number of hydrogen-bond acceptors (Lipinski definition) is 5. The molecule has 0 atom stereocenters. The first kappa shape index (κ1) is 11.0. The fraction of sp³-hybridized carbons (Fsp3) is 0.417. The highest BCUT2D eigenvalue weighted by Gasteiger charge is 2.46. The Morgan fingerprint density at radius 2 is 2.22 bits per heavy atom. The molecule has 6 heteroatoms. The Balaban J connectivity index is 2.25. The first-order chi connectivity index (χ1) is 8.68. The van der Waals surface area contributed by atoms with Gasteiger partial charge in [-0.25, -0.2) is 9.18 Å². The van der Waals surface area contributed by atoms with Gasteiger partial charge in [0.1, 0.15) is 5.54 Å². The number of fused-ring (bicyclic) bond motifs is 1. The molecule has 5 nitrogen and oxygen atoms in total. The van der Waals surface area contributed by atoms with Gasteiger partial charge in [-0.15, -0.1) is 0 Å². The molecule has 1 aromatic rings. The zero-order chi connectivity index (χ0) is 12.8. The molecule has 0 spiro atoms. The Bertz CT molecular complexity index is 562. The van der Waals surface area contributed by atoms with Crippen LogP contribution in [0.1, 0.15) is 24.8 Å². The van der Waals surface area contributed by atoms with Crippen molar-refractivity contribution in [2.75, 3.05) is 6.79 Å². The van der Waals surface area contributed by atoms with Crippen molar-refractivity contribution in [3.63, 3.8) is 0 Å². The molecule has 0 radical (unpaired) electrons. The van der Waals surface area contributed by atoms with Gasteiger partial charge in [0.2, 0.25) is 12.9 Å². The molecule has 1 aromatic carbocycles. The zero-order valence-electron chi connectivity index (χ0n) is 9.40. The third kappa shape index (κ3) is 1.32. The summed E-state index contributed by atoms with van der Waals surface area (Å²) >= 11 is 0. The van der Waals surface area contributed by atoms with Crippen molar-refractivity contribution in [1.29, 1.82) is 0 Å². The van der Waals surface area contributed by atoms with Crippen molar-refractivity contribution in [1.82, 2.24) is 0 Å². The van der Waals surface area contributed by atoms with E-state index in [2.05, 4.69) is 4.99 Å². The second kappa shape index (κ2) is 3.71. The molecule has 1 fully saturated rings. The van der Waals surface area contributed by atoms with Crippen molar-refractivity contribution < 1.29 is 23.8 Å². The summed E-state index contributed by atoms with van der Waals surface area (Å²) in [7, 11) is 0. The number of ether oxygens (including phenoxy) is 2. The number of carbonyl (C=O) groups excluding carboxylic acids is 1. The minimum Gasteiger partial charge on any atom is -0.504 e. The molecule has 1 saturated carbocycles. The molecule has 1 aliphatic heterocycles. The van der Waals surface area contributed by atoms with Gasteiger partial charge in [-0.3, -0.25) is 0 Å². The lowest BCUT2D eigenvalue weighted by Crippen LogP contribution is -2.32. The van der Waals surface area contributed by atoms with Gasteiger partial charge in [0, 0.05) is 6.07 Å². The zero-order valence-corrected chi connectivity index (χ0v) is 9.40. The van der Waals surface area contributed by atoms with Crippen LogP contribution >= 0.6 is 0 Å². The molecular weight excluding hydrogens is 241 g/mol. The van der Waals surface area contributed by atoms with Gasteiger partial charge in [-0.05, 0) is 19.3 Å². The minimum atomic E-state index is -0.925. The van der Waals surface area contributed by atoms with Crippen molar-refractivity contribution in [2.24, 2.45) is 4.99 Å². The van der Waals surface area contributed by atoms with Crippen LogP contribution in [0.2, 0.25) is 0 Å². The lowest BCUT2D eigenvalue weighted by molar-refractivity contribution is 0.168. The van der Waals surface area contributed by atoms with Gasteiger partial charge in [-0.2, -0.15) is 4.99 Å². The summed E-state index contributed by atoms with van der Waals surface area (Å²) in [5.74, 6) is -0.833. The lowest BCUT2D eigenvalue weighted by atomic mass is 9.71. The molecule has 0 saturated heterocycles. The van der Waals surface area contributed by atoms with Gasteiger partial charge < -0.3 is 14.6 Å². The van der Waals surface area contributed by atoms with E-state index in [1.54, 1.807) is 0 Å². The van der Waals surface area contributed by atoms with Crippen LogP contribution in [-0.4, -0.2) is 18.0 Å². The Morgan fingerprint density at radius 1 is 1.44 bits per heavy atom. The smallest absolute Gasteiger partial charge is 0.235 e. The van der Waals surface area contributed by atoms with E-state index in [4.69, 9.17) is 9.47 Å². The van der Waals surface area contributed by atoms with Crippen LogP contribution in [0, 0.1) is 5.82 Å². The lowest BCUT2D eigenvalue weighted by Gasteiger charge is -2.37. The van der Waals surface area contributed by atoms with E-state index in [0.29, 0.717) is 12.8 Å². The number of aromatic hydroxyl groups is 1. The number of halogens is 1. The van der Waals surface area contributed by atoms with Crippen molar-refractivity contribution in [3.8, 4) is 17.2 Å². The van der Waals surface area contributed by atoms with Gasteiger partial charge in [0.05, 0.1) is 5.56 Å². The summed E-state index contributed by atoms with van der Waals surface area (Å²) in [6.45, 7) is -0.0356. The normalized spacial score (nSPS) is 18.9. The Labute approximate surface area is 102 Å². The van der Waals surface area contributed by atoms with Gasteiger partial charge in [0.25, 0.3) is 0 Å². The van der Waals surface area contributed by atoms with Crippen LogP contribution in [-0.2, 0) is 10.3 Å². The van der Waals surface area contributed by atoms with Gasteiger partial charge >= 0.3 is 0 Å².